The monoisotopic (exact) mass is 235 g/mol. The molecule has 1 aliphatic carbocycles. The average molecular weight is 235 g/mol. The summed E-state index contributed by atoms with van der Waals surface area (Å²) in [7, 11) is 1.67. The van der Waals surface area contributed by atoms with Gasteiger partial charge in [0.2, 0.25) is 0 Å². The van der Waals surface area contributed by atoms with Gasteiger partial charge in [0.1, 0.15) is 17.6 Å². The van der Waals surface area contributed by atoms with Crippen molar-refractivity contribution in [2.45, 2.75) is 38.3 Å². The molecule has 0 aliphatic heterocycles. The number of likely N-dealkylation sites (N-methyl/N-ethyl adjacent to an activating group) is 1. The molecule has 1 N–H and O–H groups in total. The van der Waals surface area contributed by atoms with Crippen LogP contribution in [-0.4, -0.2) is 25.8 Å². The van der Waals surface area contributed by atoms with Crippen LogP contribution >= 0.6 is 0 Å². The summed E-state index contributed by atoms with van der Waals surface area (Å²) in [6.07, 6.45) is 3.92. The summed E-state index contributed by atoms with van der Waals surface area (Å²) in [5, 5.41) is 3.49. The van der Waals surface area contributed by atoms with Gasteiger partial charge in [0.25, 0.3) is 0 Å². The smallest absolute Gasteiger partial charge is 0.120 e. The number of ether oxygens (including phenoxy) is 2. The zero-order valence-corrected chi connectivity index (χ0v) is 10.6. The Morgan fingerprint density at radius 2 is 1.88 bits per heavy atom. The number of rotatable bonds is 5. The highest BCUT2D eigenvalue weighted by Crippen LogP contribution is 2.26. The van der Waals surface area contributed by atoms with Crippen LogP contribution in [0.3, 0.4) is 0 Å². The van der Waals surface area contributed by atoms with Crippen molar-refractivity contribution in [1.29, 1.82) is 0 Å². The molecule has 0 spiro atoms. The first-order valence-corrected chi connectivity index (χ1v) is 6.37. The molecule has 1 aliphatic rings. The third-order valence-electron chi connectivity index (χ3n) is 3.27. The van der Waals surface area contributed by atoms with E-state index in [9.17, 15) is 0 Å². The van der Waals surface area contributed by atoms with Gasteiger partial charge >= 0.3 is 0 Å². The van der Waals surface area contributed by atoms with E-state index in [0.717, 1.165) is 24.5 Å². The lowest BCUT2D eigenvalue weighted by Gasteiger charge is -2.21. The van der Waals surface area contributed by atoms with E-state index in [2.05, 4.69) is 12.2 Å². The van der Waals surface area contributed by atoms with Crippen LogP contribution in [0, 0.1) is 0 Å². The third kappa shape index (κ3) is 3.13. The van der Waals surface area contributed by atoms with Crippen LogP contribution < -0.4 is 14.8 Å². The van der Waals surface area contributed by atoms with Crippen LogP contribution in [0.15, 0.2) is 24.3 Å². The number of hydrogen-bond donors (Lipinski definition) is 1. The van der Waals surface area contributed by atoms with E-state index < -0.39 is 0 Å². The first-order chi connectivity index (χ1) is 8.33. The molecule has 3 heteroatoms. The molecule has 2 rings (SSSR count). The predicted octanol–water partition coefficient (Wildman–Crippen LogP) is 2.60. The lowest BCUT2D eigenvalue weighted by molar-refractivity contribution is 0.175. The Bertz CT molecular complexity index is 337. The molecular formula is C14H21NO2. The number of benzene rings is 1. The molecule has 1 fully saturated rings. The quantitative estimate of drug-likeness (QED) is 0.851. The minimum absolute atomic E-state index is 0.309. The molecule has 1 aromatic rings. The van der Waals surface area contributed by atoms with Gasteiger partial charge in [-0.1, -0.05) is 6.92 Å². The van der Waals surface area contributed by atoms with Crippen LogP contribution in [0.2, 0.25) is 0 Å². The van der Waals surface area contributed by atoms with Gasteiger partial charge in [0, 0.05) is 6.04 Å². The highest BCUT2D eigenvalue weighted by molar-refractivity contribution is 5.31. The molecule has 0 saturated heterocycles. The zero-order valence-electron chi connectivity index (χ0n) is 10.6. The first-order valence-electron chi connectivity index (χ1n) is 6.37. The van der Waals surface area contributed by atoms with E-state index in [-0.39, 0.29) is 0 Å². The van der Waals surface area contributed by atoms with Gasteiger partial charge in [-0.05, 0) is 50.1 Å². The van der Waals surface area contributed by atoms with Gasteiger partial charge in [-0.2, -0.15) is 0 Å². The van der Waals surface area contributed by atoms with Crippen molar-refractivity contribution < 1.29 is 9.47 Å². The summed E-state index contributed by atoms with van der Waals surface area (Å²) < 4.78 is 11.2. The van der Waals surface area contributed by atoms with Gasteiger partial charge in [-0.25, -0.2) is 0 Å². The van der Waals surface area contributed by atoms with Gasteiger partial charge < -0.3 is 14.8 Å². The minimum Gasteiger partial charge on any atom is -0.497 e. The second-order valence-corrected chi connectivity index (χ2v) is 4.43. The Hall–Kier alpha value is -1.22. The van der Waals surface area contributed by atoms with Crippen LogP contribution in [0.1, 0.15) is 26.2 Å². The fourth-order valence-electron chi connectivity index (χ4n) is 2.39. The highest BCUT2D eigenvalue weighted by Gasteiger charge is 2.27. The van der Waals surface area contributed by atoms with E-state index in [1.807, 2.05) is 24.3 Å². The SMILES string of the molecule is CCNC1CCCC1Oc1ccc(OC)cc1. The van der Waals surface area contributed by atoms with Crippen LogP contribution in [0.25, 0.3) is 0 Å². The molecule has 0 amide bonds. The number of methoxy groups -OCH3 is 1. The van der Waals surface area contributed by atoms with Crippen molar-refractivity contribution in [2.24, 2.45) is 0 Å². The van der Waals surface area contributed by atoms with Crippen molar-refractivity contribution in [3.8, 4) is 11.5 Å². The zero-order chi connectivity index (χ0) is 12.1. The summed E-state index contributed by atoms with van der Waals surface area (Å²) in [5.41, 5.74) is 0. The summed E-state index contributed by atoms with van der Waals surface area (Å²) in [5.74, 6) is 1.80. The summed E-state index contributed by atoms with van der Waals surface area (Å²) in [6, 6.07) is 8.32. The second-order valence-electron chi connectivity index (χ2n) is 4.43. The summed E-state index contributed by atoms with van der Waals surface area (Å²) in [4.78, 5) is 0. The summed E-state index contributed by atoms with van der Waals surface area (Å²) >= 11 is 0. The highest BCUT2D eigenvalue weighted by atomic mass is 16.5. The Balaban J connectivity index is 1.94. The lowest BCUT2D eigenvalue weighted by atomic mass is 10.2. The Morgan fingerprint density at radius 1 is 1.18 bits per heavy atom. The van der Waals surface area contributed by atoms with Crippen molar-refractivity contribution >= 4 is 0 Å². The largest absolute Gasteiger partial charge is 0.497 e. The van der Waals surface area contributed by atoms with Gasteiger partial charge in [0.15, 0.2) is 0 Å². The molecular weight excluding hydrogens is 214 g/mol. The molecule has 0 aromatic heterocycles. The maximum atomic E-state index is 6.02. The number of hydrogen-bond acceptors (Lipinski definition) is 3. The van der Waals surface area contributed by atoms with Gasteiger partial charge in [-0.15, -0.1) is 0 Å². The average Bonchev–Trinajstić information content (AvgIpc) is 2.78. The van der Waals surface area contributed by atoms with E-state index >= 15 is 0 Å². The molecule has 2 atom stereocenters. The molecule has 17 heavy (non-hydrogen) atoms. The van der Waals surface area contributed by atoms with E-state index in [4.69, 9.17) is 9.47 Å². The van der Waals surface area contributed by atoms with Crippen LogP contribution in [-0.2, 0) is 0 Å². The van der Waals surface area contributed by atoms with Gasteiger partial charge in [-0.3, -0.25) is 0 Å². The molecule has 0 radical (unpaired) electrons. The molecule has 2 unspecified atom stereocenters. The van der Waals surface area contributed by atoms with E-state index in [1.165, 1.54) is 12.8 Å². The van der Waals surface area contributed by atoms with Gasteiger partial charge in [0.05, 0.1) is 7.11 Å². The fourth-order valence-corrected chi connectivity index (χ4v) is 2.39. The molecule has 94 valence electrons. The first kappa shape index (κ1) is 12.2. The van der Waals surface area contributed by atoms with E-state index in [0.29, 0.717) is 12.1 Å². The summed E-state index contributed by atoms with van der Waals surface area (Å²) in [6.45, 7) is 3.15. The minimum atomic E-state index is 0.309. The second kappa shape index (κ2) is 5.92. The topological polar surface area (TPSA) is 30.5 Å². The third-order valence-corrected chi connectivity index (χ3v) is 3.27. The molecule has 0 heterocycles. The predicted molar refractivity (Wildman–Crippen MR) is 68.7 cm³/mol. The molecule has 0 bridgehead atoms. The van der Waals surface area contributed by atoms with Crippen molar-refractivity contribution in [3.63, 3.8) is 0 Å². The molecule has 3 nitrogen and oxygen atoms in total. The fraction of sp³-hybridized carbons (Fsp3) is 0.571. The normalized spacial score (nSPS) is 23.6. The molecule has 1 aromatic carbocycles. The van der Waals surface area contributed by atoms with E-state index in [1.54, 1.807) is 7.11 Å². The standard InChI is InChI=1S/C14H21NO2/c1-3-15-13-5-4-6-14(13)17-12-9-7-11(16-2)8-10-12/h7-10,13-15H,3-6H2,1-2H3. The lowest BCUT2D eigenvalue weighted by Crippen LogP contribution is -2.38. The Labute approximate surface area is 103 Å². The van der Waals surface area contributed by atoms with Crippen molar-refractivity contribution in [2.75, 3.05) is 13.7 Å². The maximum absolute atomic E-state index is 6.02. The Kier molecular flexibility index (Phi) is 4.26. The number of nitrogens with one attached hydrogen (secondary N) is 1. The van der Waals surface area contributed by atoms with Crippen LogP contribution in [0.5, 0.6) is 11.5 Å². The van der Waals surface area contributed by atoms with Crippen molar-refractivity contribution in [3.05, 3.63) is 24.3 Å². The maximum Gasteiger partial charge on any atom is 0.120 e. The Morgan fingerprint density at radius 3 is 2.53 bits per heavy atom. The molecule has 1 saturated carbocycles. The van der Waals surface area contributed by atoms with Crippen molar-refractivity contribution in [1.82, 2.24) is 5.32 Å². The van der Waals surface area contributed by atoms with Crippen LogP contribution in [0.4, 0.5) is 0 Å².